The van der Waals surface area contributed by atoms with Crippen LogP contribution in [0.1, 0.15) is 22.8 Å². The minimum atomic E-state index is -1.75. The molecule has 3 aromatic carbocycles. The molecular weight excluding hydrogens is 560 g/mol. The highest BCUT2D eigenvalue weighted by Gasteiger charge is 2.20. The van der Waals surface area contributed by atoms with Crippen molar-refractivity contribution in [3.63, 3.8) is 0 Å². The van der Waals surface area contributed by atoms with Crippen LogP contribution < -0.4 is 4.57 Å². The average Bonchev–Trinajstić information content (AvgIpc) is 3.29. The van der Waals surface area contributed by atoms with Crippen LogP contribution in [0.5, 0.6) is 0 Å². The number of benzene rings is 3. The summed E-state index contributed by atoms with van der Waals surface area (Å²) < 4.78 is 10.6. The van der Waals surface area contributed by atoms with E-state index in [0.717, 1.165) is 24.1 Å². The molecule has 0 fully saturated rings. The average molecular weight is 583 g/mol. The molecule has 1 atom stereocenters. The lowest BCUT2D eigenvalue weighted by Gasteiger charge is -2.19. The Hall–Kier alpha value is -2.81. The van der Waals surface area contributed by atoms with Crippen molar-refractivity contribution in [1.82, 2.24) is 4.57 Å². The van der Waals surface area contributed by atoms with Gasteiger partial charge in [0.05, 0.1) is 18.2 Å². The zero-order valence-corrected chi connectivity index (χ0v) is 22.5. The molecule has 4 aromatic rings. The summed E-state index contributed by atoms with van der Waals surface area (Å²) in [5, 5.41) is 17.1. The summed E-state index contributed by atoms with van der Waals surface area (Å²) in [6.45, 7) is 1.81. The SMILES string of the molecule is Clc1ccc(COC(C[n+]2ccn(CCc3ccccc3)c2)c2ccc(Cl)cc2Cl)c(Cl)c1.O=[N+]([O-])[O-]. The van der Waals surface area contributed by atoms with Crippen LogP contribution in [-0.2, 0) is 30.9 Å². The van der Waals surface area contributed by atoms with Crippen molar-refractivity contribution in [3.8, 4) is 0 Å². The molecule has 0 saturated carbocycles. The van der Waals surface area contributed by atoms with Crippen LogP contribution in [-0.4, -0.2) is 9.65 Å². The van der Waals surface area contributed by atoms with E-state index in [9.17, 15) is 0 Å². The number of aromatic nitrogens is 2. The Kier molecular flexibility index (Phi) is 11.0. The van der Waals surface area contributed by atoms with E-state index < -0.39 is 5.09 Å². The first-order valence-corrected chi connectivity index (χ1v) is 12.6. The first-order valence-electron chi connectivity index (χ1n) is 11.1. The summed E-state index contributed by atoms with van der Waals surface area (Å²) in [5.74, 6) is 0. The van der Waals surface area contributed by atoms with Crippen molar-refractivity contribution in [2.45, 2.75) is 32.2 Å². The Balaban J connectivity index is 0.000000886. The van der Waals surface area contributed by atoms with Gasteiger partial charge in [-0.2, -0.15) is 0 Å². The lowest BCUT2D eigenvalue weighted by Crippen LogP contribution is -2.35. The second-order valence-corrected chi connectivity index (χ2v) is 9.70. The van der Waals surface area contributed by atoms with E-state index in [1.807, 2.05) is 30.5 Å². The third-order valence-corrected chi connectivity index (χ3v) is 6.54. The molecule has 0 spiro atoms. The van der Waals surface area contributed by atoms with Crippen LogP contribution in [0.3, 0.4) is 0 Å². The van der Waals surface area contributed by atoms with Gasteiger partial charge in [-0.15, -0.1) is 0 Å². The lowest BCUT2D eigenvalue weighted by atomic mass is 10.1. The summed E-state index contributed by atoms with van der Waals surface area (Å²) in [6.07, 6.45) is 6.86. The van der Waals surface area contributed by atoms with Crippen LogP contribution >= 0.6 is 46.4 Å². The minimum Gasteiger partial charge on any atom is -0.365 e. The van der Waals surface area contributed by atoms with E-state index in [4.69, 9.17) is 66.5 Å². The third kappa shape index (κ3) is 9.54. The van der Waals surface area contributed by atoms with Crippen molar-refractivity contribution < 1.29 is 14.4 Å². The number of ether oxygens (including phenoxy) is 1. The second kappa shape index (κ2) is 14.2. The molecular formula is C26H23Cl4N3O4. The predicted molar refractivity (Wildman–Crippen MR) is 146 cm³/mol. The number of imidazole rings is 1. The summed E-state index contributed by atoms with van der Waals surface area (Å²) >= 11 is 25.0. The van der Waals surface area contributed by atoms with Gasteiger partial charge in [0.15, 0.2) is 0 Å². The fourth-order valence-corrected chi connectivity index (χ4v) is 4.60. The molecule has 0 bridgehead atoms. The maximum absolute atomic E-state index is 8.25. The maximum atomic E-state index is 8.25. The van der Waals surface area contributed by atoms with E-state index in [1.165, 1.54) is 5.56 Å². The van der Waals surface area contributed by atoms with Crippen molar-refractivity contribution >= 4 is 46.4 Å². The summed E-state index contributed by atoms with van der Waals surface area (Å²) in [4.78, 5) is 8.25. The van der Waals surface area contributed by atoms with Gasteiger partial charge in [0.2, 0.25) is 6.33 Å². The third-order valence-electron chi connectivity index (χ3n) is 5.39. The largest absolute Gasteiger partial charge is 0.365 e. The van der Waals surface area contributed by atoms with Crippen molar-refractivity contribution in [1.29, 1.82) is 0 Å². The zero-order chi connectivity index (χ0) is 26.8. The van der Waals surface area contributed by atoms with Gasteiger partial charge < -0.3 is 20.1 Å². The van der Waals surface area contributed by atoms with Gasteiger partial charge >= 0.3 is 0 Å². The first-order chi connectivity index (χ1) is 17.7. The van der Waals surface area contributed by atoms with Gasteiger partial charge in [0.25, 0.3) is 0 Å². The Morgan fingerprint density at radius 3 is 2.22 bits per heavy atom. The van der Waals surface area contributed by atoms with E-state index in [0.29, 0.717) is 33.2 Å². The van der Waals surface area contributed by atoms with Gasteiger partial charge in [0, 0.05) is 32.1 Å². The van der Waals surface area contributed by atoms with Gasteiger partial charge in [-0.1, -0.05) is 88.9 Å². The molecule has 0 aliphatic heterocycles. The fraction of sp³-hybridized carbons (Fsp3) is 0.192. The summed E-state index contributed by atoms with van der Waals surface area (Å²) in [6, 6.07) is 21.3. The molecule has 0 N–H and O–H groups in total. The Labute approximate surface area is 234 Å². The normalized spacial score (nSPS) is 11.5. The highest BCUT2D eigenvalue weighted by molar-refractivity contribution is 6.35. The maximum Gasteiger partial charge on any atom is 0.243 e. The molecule has 1 heterocycles. The Bertz CT molecular complexity index is 1310. The number of hydrogen-bond acceptors (Lipinski definition) is 4. The van der Waals surface area contributed by atoms with Crippen LogP contribution in [0, 0.1) is 15.3 Å². The molecule has 1 unspecified atom stereocenters. The minimum absolute atomic E-state index is 0.295. The molecule has 0 saturated heterocycles. The molecule has 0 amide bonds. The molecule has 0 aliphatic rings. The first kappa shape index (κ1) is 28.8. The highest BCUT2D eigenvalue weighted by Crippen LogP contribution is 2.30. The number of hydrogen-bond donors (Lipinski definition) is 0. The Morgan fingerprint density at radius 2 is 1.57 bits per heavy atom. The monoisotopic (exact) mass is 581 g/mol. The van der Waals surface area contributed by atoms with Crippen molar-refractivity contribution in [2.24, 2.45) is 0 Å². The topological polar surface area (TPSA) is 84.2 Å². The number of nitrogens with zero attached hydrogens (tertiary/aromatic N) is 3. The highest BCUT2D eigenvalue weighted by atomic mass is 35.5. The van der Waals surface area contributed by atoms with Gasteiger partial charge in [-0.3, -0.25) is 0 Å². The zero-order valence-electron chi connectivity index (χ0n) is 19.5. The fourth-order valence-electron chi connectivity index (χ4n) is 3.61. The predicted octanol–water partition coefficient (Wildman–Crippen LogP) is 7.35. The lowest BCUT2D eigenvalue weighted by molar-refractivity contribution is -0.704. The number of rotatable bonds is 9. The van der Waals surface area contributed by atoms with E-state index in [1.54, 1.807) is 18.2 Å². The smallest absolute Gasteiger partial charge is 0.243 e. The van der Waals surface area contributed by atoms with Gasteiger partial charge in [-0.05, 0) is 35.4 Å². The van der Waals surface area contributed by atoms with Crippen molar-refractivity contribution in [2.75, 3.05) is 0 Å². The molecule has 1 aromatic heterocycles. The van der Waals surface area contributed by atoms with Crippen LogP contribution in [0.15, 0.2) is 85.5 Å². The summed E-state index contributed by atoms with van der Waals surface area (Å²) in [7, 11) is 0. The van der Waals surface area contributed by atoms with E-state index >= 15 is 0 Å². The summed E-state index contributed by atoms with van der Waals surface area (Å²) in [5.41, 5.74) is 3.05. The second-order valence-electron chi connectivity index (χ2n) is 8.01. The molecule has 7 nitrogen and oxygen atoms in total. The Morgan fingerprint density at radius 1 is 0.919 bits per heavy atom. The van der Waals surface area contributed by atoms with Gasteiger partial charge in [0.1, 0.15) is 25.0 Å². The molecule has 194 valence electrons. The number of aryl methyl sites for hydroxylation is 2. The van der Waals surface area contributed by atoms with E-state index in [2.05, 4.69) is 45.9 Å². The molecule has 4 rings (SSSR count). The molecule has 37 heavy (non-hydrogen) atoms. The van der Waals surface area contributed by atoms with Crippen LogP contribution in [0.2, 0.25) is 20.1 Å². The number of halogens is 4. The van der Waals surface area contributed by atoms with Crippen LogP contribution in [0.25, 0.3) is 0 Å². The van der Waals surface area contributed by atoms with Crippen molar-refractivity contribution in [3.05, 3.63) is 138 Å². The van der Waals surface area contributed by atoms with Gasteiger partial charge in [-0.25, -0.2) is 9.13 Å². The standard InChI is InChI=1S/C26H23Cl4N2O.NO3/c27-21-7-6-20(24(29)14-21)17-33-26(23-9-8-22(28)15-25(23)30)16-32-13-12-31(18-32)11-10-19-4-2-1-3-5-19;2-1(3)4/h1-9,12-15,18,26H,10-11,16-17H2;/q+1;-1. The molecule has 0 aliphatic carbocycles. The quantitative estimate of drug-likeness (QED) is 0.117. The van der Waals surface area contributed by atoms with Crippen LogP contribution in [0.4, 0.5) is 0 Å². The molecule has 0 radical (unpaired) electrons. The molecule has 11 heteroatoms. The van der Waals surface area contributed by atoms with E-state index in [-0.39, 0.29) is 6.10 Å².